The summed E-state index contributed by atoms with van der Waals surface area (Å²) in [6.45, 7) is 3.76. The molecule has 2 aromatic carbocycles. The minimum absolute atomic E-state index is 0.0652. The number of methoxy groups -OCH3 is 1. The van der Waals surface area contributed by atoms with Gasteiger partial charge in [0, 0.05) is 32.1 Å². The Kier molecular flexibility index (Phi) is 6.24. The number of piperazine rings is 1. The monoisotopic (exact) mass is 442 g/mol. The Balaban J connectivity index is 1.43. The highest BCUT2D eigenvalue weighted by molar-refractivity contribution is 7.89. The fourth-order valence-corrected chi connectivity index (χ4v) is 5.19. The van der Waals surface area contributed by atoms with Crippen LogP contribution in [0.5, 0.6) is 5.75 Å². The number of benzene rings is 2. The summed E-state index contributed by atoms with van der Waals surface area (Å²) in [5.74, 6) is 1.34. The van der Waals surface area contributed by atoms with Gasteiger partial charge in [0.2, 0.25) is 10.0 Å². The summed E-state index contributed by atoms with van der Waals surface area (Å²) in [7, 11) is -2.01. The second-order valence-electron chi connectivity index (χ2n) is 7.37. The maximum Gasteiger partial charge on any atom is 0.324 e. The normalized spacial score (nSPS) is 16.3. The van der Waals surface area contributed by atoms with Crippen LogP contribution in [0.1, 0.15) is 30.7 Å². The smallest absolute Gasteiger partial charge is 0.324 e. The van der Waals surface area contributed by atoms with Crippen LogP contribution in [-0.4, -0.2) is 56.2 Å². The third kappa shape index (κ3) is 4.42. The van der Waals surface area contributed by atoms with Gasteiger partial charge in [0.05, 0.1) is 12.0 Å². The molecule has 0 amide bonds. The zero-order chi connectivity index (χ0) is 21.8. The first-order valence-corrected chi connectivity index (χ1v) is 11.7. The van der Waals surface area contributed by atoms with Crippen molar-refractivity contribution in [1.29, 1.82) is 0 Å². The van der Waals surface area contributed by atoms with Crippen molar-refractivity contribution in [3.8, 4) is 5.75 Å². The molecule has 3 aromatic rings. The van der Waals surface area contributed by atoms with Crippen LogP contribution in [0.3, 0.4) is 0 Å². The van der Waals surface area contributed by atoms with Crippen molar-refractivity contribution in [2.75, 3.05) is 38.2 Å². The van der Waals surface area contributed by atoms with Crippen LogP contribution in [0.25, 0.3) is 0 Å². The van der Waals surface area contributed by atoms with E-state index in [2.05, 4.69) is 29.2 Å². The number of hydrogen-bond donors (Lipinski definition) is 0. The molecule has 1 saturated heterocycles. The van der Waals surface area contributed by atoms with Gasteiger partial charge in [0.1, 0.15) is 5.75 Å². The van der Waals surface area contributed by atoms with E-state index in [0.717, 1.165) is 12.0 Å². The van der Waals surface area contributed by atoms with Gasteiger partial charge in [-0.05, 0) is 36.2 Å². The molecule has 0 unspecified atom stereocenters. The number of aromatic nitrogens is 2. The average molecular weight is 443 g/mol. The fourth-order valence-electron chi connectivity index (χ4n) is 3.77. The maximum atomic E-state index is 12.9. The summed E-state index contributed by atoms with van der Waals surface area (Å²) < 4.78 is 38.0. The average Bonchev–Trinajstić information content (AvgIpc) is 3.30. The number of sulfonamides is 1. The first kappa shape index (κ1) is 21.3. The summed E-state index contributed by atoms with van der Waals surface area (Å²) in [5.41, 5.74) is 1.15. The molecule has 2 heterocycles. The lowest BCUT2D eigenvalue weighted by Crippen LogP contribution is -2.48. The van der Waals surface area contributed by atoms with Crippen LogP contribution in [-0.2, 0) is 10.0 Å². The van der Waals surface area contributed by atoms with Crippen LogP contribution in [0.4, 0.5) is 6.01 Å². The molecule has 0 spiro atoms. The van der Waals surface area contributed by atoms with Gasteiger partial charge >= 0.3 is 6.01 Å². The van der Waals surface area contributed by atoms with Gasteiger partial charge in [-0.3, -0.25) is 0 Å². The van der Waals surface area contributed by atoms with Crippen molar-refractivity contribution >= 4 is 16.0 Å². The highest BCUT2D eigenvalue weighted by Gasteiger charge is 2.30. The van der Waals surface area contributed by atoms with Crippen molar-refractivity contribution in [3.05, 3.63) is 66.0 Å². The van der Waals surface area contributed by atoms with Crippen LogP contribution in [0, 0.1) is 0 Å². The summed E-state index contributed by atoms with van der Waals surface area (Å²) in [6.07, 6.45) is 0.858. The quantitative estimate of drug-likeness (QED) is 0.555. The van der Waals surface area contributed by atoms with Gasteiger partial charge in [0.25, 0.3) is 0 Å². The molecule has 8 nitrogen and oxygen atoms in total. The van der Waals surface area contributed by atoms with Gasteiger partial charge in [-0.15, -0.1) is 0 Å². The van der Waals surface area contributed by atoms with E-state index in [1.165, 1.54) is 4.31 Å². The lowest BCUT2D eigenvalue weighted by molar-refractivity contribution is 0.352. The number of anilines is 1. The van der Waals surface area contributed by atoms with Gasteiger partial charge in [0.15, 0.2) is 5.82 Å². The highest BCUT2D eigenvalue weighted by atomic mass is 32.2. The van der Waals surface area contributed by atoms with E-state index >= 15 is 0 Å². The van der Waals surface area contributed by atoms with Crippen molar-refractivity contribution in [2.24, 2.45) is 0 Å². The van der Waals surface area contributed by atoms with E-state index in [-0.39, 0.29) is 10.8 Å². The van der Waals surface area contributed by atoms with Crippen molar-refractivity contribution < 1.29 is 17.7 Å². The molecule has 1 aliphatic heterocycles. The fraction of sp³-hybridized carbons (Fsp3) is 0.364. The minimum Gasteiger partial charge on any atom is -0.497 e. The SMILES string of the molecule is CC[C@H](c1ccccc1)c1noc(N2CCN(S(=O)(=O)c3ccc(OC)cc3)CC2)n1. The van der Waals surface area contributed by atoms with E-state index in [1.807, 2.05) is 23.1 Å². The van der Waals surface area contributed by atoms with Gasteiger partial charge in [-0.25, -0.2) is 8.42 Å². The largest absolute Gasteiger partial charge is 0.497 e. The maximum absolute atomic E-state index is 12.9. The lowest BCUT2D eigenvalue weighted by Gasteiger charge is -2.32. The van der Waals surface area contributed by atoms with Crippen LogP contribution in [0.15, 0.2) is 64.0 Å². The molecule has 1 aliphatic rings. The number of rotatable bonds is 7. The van der Waals surface area contributed by atoms with E-state index in [9.17, 15) is 8.42 Å². The molecule has 31 heavy (non-hydrogen) atoms. The van der Waals surface area contributed by atoms with Crippen molar-refractivity contribution in [3.63, 3.8) is 0 Å². The molecule has 164 valence electrons. The summed E-state index contributed by atoms with van der Waals surface area (Å²) >= 11 is 0. The Morgan fingerprint density at radius 3 is 2.32 bits per heavy atom. The number of hydrogen-bond acceptors (Lipinski definition) is 7. The van der Waals surface area contributed by atoms with Crippen LogP contribution < -0.4 is 9.64 Å². The molecular weight excluding hydrogens is 416 g/mol. The molecule has 0 N–H and O–H groups in total. The van der Waals surface area contributed by atoms with Crippen molar-refractivity contribution in [2.45, 2.75) is 24.2 Å². The second kappa shape index (κ2) is 9.07. The zero-order valence-corrected chi connectivity index (χ0v) is 18.5. The molecule has 9 heteroatoms. The molecule has 1 atom stereocenters. The van der Waals surface area contributed by atoms with E-state index in [1.54, 1.807) is 31.4 Å². The Bertz CT molecular complexity index is 1090. The summed E-state index contributed by atoms with van der Waals surface area (Å²) in [6, 6.07) is 17.0. The zero-order valence-electron chi connectivity index (χ0n) is 17.6. The second-order valence-corrected chi connectivity index (χ2v) is 9.31. The van der Waals surface area contributed by atoms with Crippen LogP contribution in [0.2, 0.25) is 0 Å². The molecule has 1 aromatic heterocycles. The van der Waals surface area contributed by atoms with Crippen molar-refractivity contribution in [1.82, 2.24) is 14.4 Å². The Labute approximate surface area is 182 Å². The molecular formula is C22H26N4O4S. The van der Waals surface area contributed by atoms with E-state index in [4.69, 9.17) is 9.26 Å². The standard InChI is InChI=1S/C22H26N4O4S/c1-3-20(17-7-5-4-6-8-17)21-23-22(30-24-21)25-13-15-26(16-14-25)31(27,28)19-11-9-18(29-2)10-12-19/h4-12,20H,3,13-16H2,1-2H3/t20-/m1/s1. The molecule has 0 aliphatic carbocycles. The molecule has 0 saturated carbocycles. The van der Waals surface area contributed by atoms with E-state index < -0.39 is 10.0 Å². The van der Waals surface area contributed by atoms with E-state index in [0.29, 0.717) is 43.8 Å². The summed E-state index contributed by atoms with van der Waals surface area (Å²) in [5, 5.41) is 4.20. The Morgan fingerprint density at radius 1 is 1.03 bits per heavy atom. The lowest BCUT2D eigenvalue weighted by atomic mass is 9.96. The van der Waals surface area contributed by atoms with Gasteiger partial charge < -0.3 is 14.2 Å². The predicted molar refractivity (Wildman–Crippen MR) is 117 cm³/mol. The third-order valence-electron chi connectivity index (χ3n) is 5.56. The van der Waals surface area contributed by atoms with Gasteiger partial charge in [-0.2, -0.15) is 9.29 Å². The number of ether oxygens (including phenoxy) is 1. The Morgan fingerprint density at radius 2 is 1.71 bits per heavy atom. The minimum atomic E-state index is -3.56. The topological polar surface area (TPSA) is 88.8 Å². The molecule has 4 rings (SSSR count). The molecule has 0 bridgehead atoms. The first-order chi connectivity index (χ1) is 15.0. The summed E-state index contributed by atoms with van der Waals surface area (Å²) in [4.78, 5) is 6.81. The highest BCUT2D eigenvalue weighted by Crippen LogP contribution is 2.28. The number of nitrogens with zero attached hydrogens (tertiary/aromatic N) is 4. The Hall–Kier alpha value is -2.91. The molecule has 1 fully saturated rings. The van der Waals surface area contributed by atoms with Gasteiger partial charge in [-0.1, -0.05) is 42.4 Å². The molecule has 0 radical (unpaired) electrons. The first-order valence-electron chi connectivity index (χ1n) is 10.3. The third-order valence-corrected chi connectivity index (χ3v) is 7.47. The predicted octanol–water partition coefficient (Wildman–Crippen LogP) is 3.13. The van der Waals surface area contributed by atoms with Crippen LogP contribution >= 0.6 is 0 Å².